The van der Waals surface area contributed by atoms with Crippen LogP contribution in [0.15, 0.2) is 0 Å². The first-order valence-electron chi connectivity index (χ1n) is 5.74. The van der Waals surface area contributed by atoms with Gasteiger partial charge in [-0.1, -0.05) is 0 Å². The predicted molar refractivity (Wildman–Crippen MR) is 59.5 cm³/mol. The first-order valence-corrected chi connectivity index (χ1v) is 5.74. The van der Waals surface area contributed by atoms with Crippen molar-refractivity contribution in [3.05, 3.63) is 0 Å². The van der Waals surface area contributed by atoms with Crippen LogP contribution in [0, 0.1) is 12.3 Å². The van der Waals surface area contributed by atoms with E-state index in [1.54, 1.807) is 4.90 Å². The number of urea groups is 1. The van der Waals surface area contributed by atoms with E-state index < -0.39 is 0 Å². The summed E-state index contributed by atoms with van der Waals surface area (Å²) in [5.74, 6) is 2.44. The lowest BCUT2D eigenvalue weighted by atomic mass is 10.0. The monoisotopic (exact) mass is 220 g/mol. The molecule has 0 bridgehead atoms. The number of amides is 3. The maximum Gasteiger partial charge on any atom is 0.327 e. The van der Waals surface area contributed by atoms with Crippen LogP contribution in [0.2, 0.25) is 0 Å². The first kappa shape index (κ1) is 11.0. The second kappa shape index (κ2) is 4.17. The fourth-order valence-corrected chi connectivity index (χ4v) is 2.48. The van der Waals surface area contributed by atoms with E-state index in [-0.39, 0.29) is 24.0 Å². The van der Waals surface area contributed by atoms with Crippen LogP contribution in [0.3, 0.4) is 0 Å². The lowest BCUT2D eigenvalue weighted by Crippen LogP contribution is -2.40. The van der Waals surface area contributed by atoms with Crippen molar-refractivity contribution >= 4 is 11.9 Å². The van der Waals surface area contributed by atoms with Gasteiger partial charge in [-0.3, -0.25) is 9.69 Å². The summed E-state index contributed by atoms with van der Waals surface area (Å²) in [6.07, 6.45) is 8.46. The molecule has 4 nitrogen and oxygen atoms in total. The molecule has 86 valence electrons. The minimum absolute atomic E-state index is 0.0625. The zero-order chi connectivity index (χ0) is 11.7. The van der Waals surface area contributed by atoms with Gasteiger partial charge >= 0.3 is 6.03 Å². The normalized spacial score (nSPS) is 26.6. The molecule has 2 heterocycles. The summed E-state index contributed by atoms with van der Waals surface area (Å²) >= 11 is 0. The molecule has 2 atom stereocenters. The molecular weight excluding hydrogens is 204 g/mol. The highest BCUT2D eigenvalue weighted by atomic mass is 16.2. The fourth-order valence-electron chi connectivity index (χ4n) is 2.48. The molecule has 0 aliphatic carbocycles. The van der Waals surface area contributed by atoms with Gasteiger partial charge in [0, 0.05) is 19.0 Å². The van der Waals surface area contributed by atoms with Gasteiger partial charge < -0.3 is 4.90 Å². The highest BCUT2D eigenvalue weighted by Crippen LogP contribution is 2.28. The molecule has 0 spiro atoms. The lowest BCUT2D eigenvalue weighted by molar-refractivity contribution is -0.130. The molecular formula is C12H16N2O2. The zero-order valence-electron chi connectivity index (χ0n) is 9.48. The second-order valence-corrected chi connectivity index (χ2v) is 4.45. The molecule has 2 rings (SSSR count). The molecule has 0 aromatic heterocycles. The Hall–Kier alpha value is -1.50. The van der Waals surface area contributed by atoms with Gasteiger partial charge in [-0.2, -0.15) is 0 Å². The van der Waals surface area contributed by atoms with Crippen LogP contribution in [0.5, 0.6) is 0 Å². The van der Waals surface area contributed by atoms with E-state index >= 15 is 0 Å². The van der Waals surface area contributed by atoms with Crippen molar-refractivity contribution in [1.29, 1.82) is 0 Å². The van der Waals surface area contributed by atoms with Crippen LogP contribution >= 0.6 is 0 Å². The van der Waals surface area contributed by atoms with Gasteiger partial charge in [0.05, 0.1) is 0 Å². The molecule has 2 aliphatic rings. The Balaban J connectivity index is 2.19. The number of hydrogen-bond acceptors (Lipinski definition) is 2. The standard InChI is InChI=1S/C12H16N2O2/c1-3-6-9(2)14-11(15)10-7-4-5-8-13(10)12(14)16/h1,9-10H,4-8H2,2H3/t9-,10-/m0/s1. The molecule has 4 heteroatoms. The number of rotatable bonds is 2. The lowest BCUT2D eigenvalue weighted by Gasteiger charge is -2.26. The van der Waals surface area contributed by atoms with Crippen LogP contribution in [-0.2, 0) is 4.79 Å². The molecule has 0 aromatic rings. The van der Waals surface area contributed by atoms with Crippen LogP contribution in [0.25, 0.3) is 0 Å². The van der Waals surface area contributed by atoms with Crippen molar-refractivity contribution in [2.75, 3.05) is 6.54 Å². The third kappa shape index (κ3) is 1.57. The Morgan fingerprint density at radius 1 is 1.50 bits per heavy atom. The van der Waals surface area contributed by atoms with Gasteiger partial charge in [0.25, 0.3) is 5.91 Å². The number of piperidine rings is 1. The van der Waals surface area contributed by atoms with Crippen molar-refractivity contribution < 1.29 is 9.59 Å². The number of hydrogen-bond donors (Lipinski definition) is 0. The van der Waals surface area contributed by atoms with E-state index in [4.69, 9.17) is 6.42 Å². The number of carbonyl (C=O) groups excluding carboxylic acids is 2. The van der Waals surface area contributed by atoms with Crippen molar-refractivity contribution in [2.45, 2.75) is 44.7 Å². The van der Waals surface area contributed by atoms with E-state index in [1.165, 1.54) is 4.90 Å². The Bertz CT molecular complexity index is 335. The third-order valence-electron chi connectivity index (χ3n) is 3.33. The fraction of sp³-hybridized carbons (Fsp3) is 0.667. The van der Waals surface area contributed by atoms with E-state index in [0.29, 0.717) is 13.0 Å². The van der Waals surface area contributed by atoms with Gasteiger partial charge in [0.1, 0.15) is 6.04 Å². The zero-order valence-corrected chi connectivity index (χ0v) is 9.48. The van der Waals surface area contributed by atoms with Gasteiger partial charge in [0.15, 0.2) is 0 Å². The predicted octanol–water partition coefficient (Wildman–Crippen LogP) is 1.21. The van der Waals surface area contributed by atoms with E-state index in [0.717, 1.165) is 19.3 Å². The van der Waals surface area contributed by atoms with Gasteiger partial charge in [-0.05, 0) is 26.2 Å². The topological polar surface area (TPSA) is 40.6 Å². The number of nitrogens with zero attached hydrogens (tertiary/aromatic N) is 2. The minimum atomic E-state index is -0.221. The highest BCUT2D eigenvalue weighted by molar-refractivity contribution is 6.04. The van der Waals surface area contributed by atoms with Gasteiger partial charge in [-0.15, -0.1) is 12.3 Å². The molecule has 2 aliphatic heterocycles. The van der Waals surface area contributed by atoms with Crippen LogP contribution in [0.4, 0.5) is 4.79 Å². The Morgan fingerprint density at radius 2 is 2.25 bits per heavy atom. The SMILES string of the molecule is C#CC[C@H](C)N1C(=O)[C@@H]2CCCCN2C1=O. The van der Waals surface area contributed by atoms with Crippen LogP contribution < -0.4 is 0 Å². The summed E-state index contributed by atoms with van der Waals surface area (Å²) in [5.41, 5.74) is 0. The summed E-state index contributed by atoms with van der Waals surface area (Å²) in [4.78, 5) is 27.1. The van der Waals surface area contributed by atoms with Crippen molar-refractivity contribution in [3.63, 3.8) is 0 Å². The second-order valence-electron chi connectivity index (χ2n) is 4.45. The summed E-state index contributed by atoms with van der Waals surface area (Å²) in [6.45, 7) is 2.53. The summed E-state index contributed by atoms with van der Waals surface area (Å²) < 4.78 is 0. The first-order chi connectivity index (χ1) is 7.66. The Labute approximate surface area is 95.6 Å². The largest absolute Gasteiger partial charge is 0.327 e. The Kier molecular flexibility index (Phi) is 2.86. The summed E-state index contributed by atoms with van der Waals surface area (Å²) in [7, 11) is 0. The molecule has 3 amide bonds. The number of terminal acetylenes is 1. The molecule has 0 N–H and O–H groups in total. The van der Waals surface area contributed by atoms with Crippen molar-refractivity contribution in [1.82, 2.24) is 9.80 Å². The maximum absolute atomic E-state index is 12.1. The van der Waals surface area contributed by atoms with Gasteiger partial charge in [0.2, 0.25) is 0 Å². The van der Waals surface area contributed by atoms with Crippen LogP contribution in [0.1, 0.15) is 32.6 Å². The molecule has 0 radical (unpaired) electrons. The van der Waals surface area contributed by atoms with E-state index in [1.807, 2.05) is 6.92 Å². The average Bonchev–Trinajstić information content (AvgIpc) is 2.53. The molecule has 2 saturated heterocycles. The number of carbonyl (C=O) groups is 2. The Morgan fingerprint density at radius 3 is 2.88 bits per heavy atom. The number of fused-ring (bicyclic) bond motifs is 1. The summed E-state index contributed by atoms with van der Waals surface area (Å²) in [6, 6.07) is -0.561. The smallest absolute Gasteiger partial charge is 0.312 e. The molecule has 0 aromatic carbocycles. The molecule has 2 fully saturated rings. The van der Waals surface area contributed by atoms with Gasteiger partial charge in [-0.25, -0.2) is 4.79 Å². The molecule has 0 saturated carbocycles. The third-order valence-corrected chi connectivity index (χ3v) is 3.33. The summed E-state index contributed by atoms with van der Waals surface area (Å²) in [5, 5.41) is 0. The molecule has 16 heavy (non-hydrogen) atoms. The van der Waals surface area contributed by atoms with Crippen LogP contribution in [-0.4, -0.2) is 40.4 Å². The average molecular weight is 220 g/mol. The quantitative estimate of drug-likeness (QED) is 0.518. The number of imide groups is 1. The molecule has 0 unspecified atom stereocenters. The van der Waals surface area contributed by atoms with E-state index in [9.17, 15) is 9.59 Å². The highest BCUT2D eigenvalue weighted by Gasteiger charge is 2.47. The maximum atomic E-state index is 12.1. The minimum Gasteiger partial charge on any atom is -0.312 e. The van der Waals surface area contributed by atoms with Crippen molar-refractivity contribution in [2.24, 2.45) is 0 Å². The van der Waals surface area contributed by atoms with Crippen molar-refractivity contribution in [3.8, 4) is 12.3 Å². The van der Waals surface area contributed by atoms with E-state index in [2.05, 4.69) is 5.92 Å².